The van der Waals surface area contributed by atoms with Crippen LogP contribution in [0.5, 0.6) is 5.75 Å². The molecule has 0 spiro atoms. The monoisotopic (exact) mass is 515 g/mol. The van der Waals surface area contributed by atoms with Gasteiger partial charge in [-0.05, 0) is 72.8 Å². The van der Waals surface area contributed by atoms with Crippen molar-refractivity contribution in [3.63, 3.8) is 0 Å². The lowest BCUT2D eigenvalue weighted by Gasteiger charge is -2.43. The smallest absolute Gasteiger partial charge is 0.408 e. The third-order valence-electron chi connectivity index (χ3n) is 7.23. The van der Waals surface area contributed by atoms with Gasteiger partial charge < -0.3 is 25.2 Å². The number of benzene rings is 3. The molecular formula is C30H33N3O5. The second-order valence-corrected chi connectivity index (χ2v) is 9.83. The fourth-order valence-electron chi connectivity index (χ4n) is 5.16. The van der Waals surface area contributed by atoms with E-state index in [2.05, 4.69) is 15.5 Å². The number of amides is 2. The van der Waals surface area contributed by atoms with E-state index in [0.29, 0.717) is 17.4 Å². The van der Waals surface area contributed by atoms with Gasteiger partial charge in [-0.1, -0.05) is 54.6 Å². The average molecular weight is 516 g/mol. The molecule has 6 rings (SSSR count). The maximum Gasteiger partial charge on any atom is 0.408 e. The molecule has 8 nitrogen and oxygen atoms in total. The Bertz CT molecular complexity index is 1230. The Morgan fingerprint density at radius 2 is 1.68 bits per heavy atom. The minimum atomic E-state index is -0.438. The molecule has 198 valence electrons. The van der Waals surface area contributed by atoms with E-state index < -0.39 is 12.1 Å². The number of rotatable bonds is 9. The lowest BCUT2D eigenvalue weighted by molar-refractivity contribution is -0.118. The maximum atomic E-state index is 13.0. The van der Waals surface area contributed by atoms with Gasteiger partial charge in [0.15, 0.2) is 6.61 Å². The van der Waals surface area contributed by atoms with Crippen LogP contribution >= 0.6 is 0 Å². The molecule has 3 N–H and O–H groups in total. The second kappa shape index (κ2) is 12.1. The number of aliphatic hydroxyl groups excluding tert-OH is 1. The van der Waals surface area contributed by atoms with Crippen LogP contribution in [0.1, 0.15) is 35.6 Å². The van der Waals surface area contributed by atoms with Gasteiger partial charge in [0.25, 0.3) is 5.91 Å². The van der Waals surface area contributed by atoms with Gasteiger partial charge in [-0.2, -0.15) is 0 Å². The number of carbonyl (C=O) groups excluding carboxylic acids is 2. The van der Waals surface area contributed by atoms with Gasteiger partial charge in [-0.3, -0.25) is 9.69 Å². The van der Waals surface area contributed by atoms with E-state index in [9.17, 15) is 9.59 Å². The van der Waals surface area contributed by atoms with E-state index in [-0.39, 0.29) is 25.2 Å². The molecule has 38 heavy (non-hydrogen) atoms. The summed E-state index contributed by atoms with van der Waals surface area (Å²) in [4.78, 5) is 27.8. The van der Waals surface area contributed by atoms with E-state index in [0.717, 1.165) is 49.2 Å². The van der Waals surface area contributed by atoms with E-state index in [1.165, 1.54) is 0 Å². The van der Waals surface area contributed by atoms with E-state index >= 15 is 0 Å². The number of aliphatic hydroxyl groups is 1. The molecule has 3 fully saturated rings. The number of fused-ring (bicyclic) bond motifs is 3. The number of nitrogens with zero attached hydrogens (tertiary/aromatic N) is 1. The summed E-state index contributed by atoms with van der Waals surface area (Å²) in [7, 11) is 0. The minimum Gasteiger partial charge on any atom is -0.484 e. The fourth-order valence-corrected chi connectivity index (χ4v) is 5.16. The minimum absolute atomic E-state index is 0.0517. The quantitative estimate of drug-likeness (QED) is 0.397. The summed E-state index contributed by atoms with van der Waals surface area (Å²) in [6.07, 6.45) is 1.62. The van der Waals surface area contributed by atoms with Crippen molar-refractivity contribution in [2.75, 3.05) is 31.6 Å². The first-order valence-corrected chi connectivity index (χ1v) is 13.0. The van der Waals surface area contributed by atoms with Crippen molar-refractivity contribution < 1.29 is 24.2 Å². The van der Waals surface area contributed by atoms with Crippen LogP contribution < -0.4 is 15.4 Å². The summed E-state index contributed by atoms with van der Waals surface area (Å²) in [6, 6.07) is 23.6. The Kier molecular flexibility index (Phi) is 8.21. The lowest BCUT2D eigenvalue weighted by atomic mass is 9.86. The molecule has 0 aliphatic carbocycles. The zero-order valence-electron chi connectivity index (χ0n) is 21.2. The molecule has 0 aromatic heterocycles. The molecule has 2 bridgehead atoms. The zero-order valence-corrected chi connectivity index (χ0v) is 21.2. The highest BCUT2D eigenvalue weighted by molar-refractivity contribution is 5.91. The van der Waals surface area contributed by atoms with Crippen molar-refractivity contribution in [3.8, 4) is 5.75 Å². The normalized spacial score (nSPS) is 20.8. The van der Waals surface area contributed by atoms with Crippen molar-refractivity contribution in [1.82, 2.24) is 10.2 Å². The summed E-state index contributed by atoms with van der Waals surface area (Å²) in [5.74, 6) is 0.643. The van der Waals surface area contributed by atoms with Crippen LogP contribution in [0.3, 0.4) is 0 Å². The molecule has 3 aromatic rings. The zero-order chi connectivity index (χ0) is 26.3. The molecule has 1 unspecified atom stereocenters. The summed E-state index contributed by atoms with van der Waals surface area (Å²) in [6.45, 7) is 2.74. The van der Waals surface area contributed by atoms with Crippen molar-refractivity contribution >= 4 is 17.7 Å². The van der Waals surface area contributed by atoms with Crippen LogP contribution in [-0.2, 0) is 16.1 Å². The number of anilines is 1. The molecule has 3 aliphatic heterocycles. The molecule has 8 heteroatoms. The fraction of sp³-hybridized carbons (Fsp3) is 0.333. The third kappa shape index (κ3) is 6.51. The predicted octanol–water partition coefficient (Wildman–Crippen LogP) is 4.11. The topological polar surface area (TPSA) is 100 Å². The van der Waals surface area contributed by atoms with E-state index in [1.54, 1.807) is 30.3 Å². The highest BCUT2D eigenvalue weighted by atomic mass is 16.6. The number of alkyl carbamates (subject to hydrolysis) is 1. The Labute approximate surface area is 222 Å². The maximum absolute atomic E-state index is 13.0. The molecule has 3 heterocycles. The Hall–Kier alpha value is -3.88. The highest BCUT2D eigenvalue weighted by Gasteiger charge is 2.36. The SMILES string of the molecule is O=C(COc1cccc([C@@H](NC(=O)OC2CN3CCC2CC3)c2ccccc2)c1)Nc1ccc(CO)cc1. The first kappa shape index (κ1) is 25.8. The van der Waals surface area contributed by atoms with Crippen LogP contribution in [-0.4, -0.2) is 54.4 Å². The van der Waals surface area contributed by atoms with Crippen LogP contribution in [0.25, 0.3) is 0 Å². The third-order valence-corrected chi connectivity index (χ3v) is 7.23. The van der Waals surface area contributed by atoms with Crippen molar-refractivity contribution in [2.24, 2.45) is 5.92 Å². The van der Waals surface area contributed by atoms with Crippen molar-refractivity contribution in [3.05, 3.63) is 95.6 Å². The van der Waals surface area contributed by atoms with Crippen LogP contribution in [0.15, 0.2) is 78.9 Å². The predicted molar refractivity (Wildman–Crippen MR) is 144 cm³/mol. The number of piperidine rings is 3. The van der Waals surface area contributed by atoms with Gasteiger partial charge in [0.1, 0.15) is 11.9 Å². The summed E-state index contributed by atoms with van der Waals surface area (Å²) in [5, 5.41) is 15.0. The van der Waals surface area contributed by atoms with Gasteiger partial charge in [-0.25, -0.2) is 4.79 Å². The Balaban J connectivity index is 1.23. The molecule has 3 saturated heterocycles. The largest absolute Gasteiger partial charge is 0.484 e. The molecular weight excluding hydrogens is 482 g/mol. The van der Waals surface area contributed by atoms with Crippen molar-refractivity contribution in [1.29, 1.82) is 0 Å². The number of hydrogen-bond donors (Lipinski definition) is 3. The second-order valence-electron chi connectivity index (χ2n) is 9.83. The van der Waals surface area contributed by atoms with Gasteiger partial charge >= 0.3 is 6.09 Å². The van der Waals surface area contributed by atoms with E-state index in [4.69, 9.17) is 14.6 Å². The molecule has 3 aromatic carbocycles. The summed E-state index contributed by atoms with van der Waals surface area (Å²) in [5.41, 5.74) is 3.13. The standard InChI is InChI=1S/C30H33N3O5/c34-19-21-9-11-25(12-10-21)31-28(35)20-37-26-8-4-7-24(17-26)29(23-5-2-1-3-6-23)32-30(36)38-27-18-33-15-13-22(27)14-16-33/h1-12,17,22,27,29,34H,13-16,18-20H2,(H,31,35)(H,32,36)/t27?,29-/m0/s1. The number of hydrogen-bond acceptors (Lipinski definition) is 6. The molecule has 0 saturated carbocycles. The van der Waals surface area contributed by atoms with E-state index in [1.807, 2.05) is 48.5 Å². The van der Waals surface area contributed by atoms with Crippen LogP contribution in [0.2, 0.25) is 0 Å². The molecule has 0 radical (unpaired) electrons. The molecule has 2 amide bonds. The van der Waals surface area contributed by atoms with Crippen LogP contribution in [0, 0.1) is 5.92 Å². The Morgan fingerprint density at radius 3 is 2.37 bits per heavy atom. The Morgan fingerprint density at radius 1 is 0.947 bits per heavy atom. The first-order chi connectivity index (χ1) is 18.6. The van der Waals surface area contributed by atoms with Gasteiger partial charge in [0.2, 0.25) is 0 Å². The summed E-state index contributed by atoms with van der Waals surface area (Å²) < 4.78 is 11.7. The number of ether oxygens (including phenoxy) is 2. The van der Waals surface area contributed by atoms with Gasteiger partial charge in [-0.15, -0.1) is 0 Å². The van der Waals surface area contributed by atoms with Gasteiger partial charge in [0, 0.05) is 12.2 Å². The van der Waals surface area contributed by atoms with Gasteiger partial charge in [0.05, 0.1) is 12.6 Å². The lowest BCUT2D eigenvalue weighted by Crippen LogP contribution is -2.52. The number of carbonyl (C=O) groups is 2. The molecule has 2 atom stereocenters. The van der Waals surface area contributed by atoms with Crippen LogP contribution in [0.4, 0.5) is 10.5 Å². The average Bonchev–Trinajstić information content (AvgIpc) is 2.96. The highest BCUT2D eigenvalue weighted by Crippen LogP contribution is 2.30. The first-order valence-electron chi connectivity index (χ1n) is 13.0. The number of nitrogens with one attached hydrogen (secondary N) is 2. The summed E-state index contributed by atoms with van der Waals surface area (Å²) >= 11 is 0. The molecule has 3 aliphatic rings. The van der Waals surface area contributed by atoms with Crippen molar-refractivity contribution in [2.45, 2.75) is 31.6 Å².